The van der Waals surface area contributed by atoms with Gasteiger partial charge in [-0.2, -0.15) is 0 Å². The topological polar surface area (TPSA) is 14.2 Å². The second-order valence-corrected chi connectivity index (χ2v) is 8.78. The number of ether oxygens (including phenoxy) is 1. The summed E-state index contributed by atoms with van der Waals surface area (Å²) in [5.74, 6) is 0.954. The van der Waals surface area contributed by atoms with Gasteiger partial charge in [-0.25, -0.2) is 0 Å². The predicted octanol–water partition coefficient (Wildman–Crippen LogP) is 7.91. The third-order valence-corrected chi connectivity index (χ3v) is 6.74. The molecule has 1 aliphatic heterocycles. The van der Waals surface area contributed by atoms with Gasteiger partial charge >= 0.3 is 0 Å². The van der Waals surface area contributed by atoms with Crippen LogP contribution in [0, 0.1) is 0 Å². The smallest absolute Gasteiger partial charge is 0.164 e. The first-order valence-corrected chi connectivity index (χ1v) is 12.0. The van der Waals surface area contributed by atoms with Gasteiger partial charge < -0.3 is 9.30 Å². The van der Waals surface area contributed by atoms with Gasteiger partial charge in [-0.3, -0.25) is 0 Å². The minimum Gasteiger partial charge on any atom is -0.479 e. The number of aromatic nitrogens is 1. The molecule has 166 valence electrons. The molecule has 0 saturated carbocycles. The Bertz CT molecular complexity index is 1420. The lowest BCUT2D eigenvalue weighted by Gasteiger charge is -2.29. The van der Waals surface area contributed by atoms with Crippen LogP contribution in [0.25, 0.3) is 22.4 Å². The molecule has 1 aromatic heterocycles. The standard InChI is InChI=1S/C32H27NO/c1-2-26-29-27-20-12-13-21-28(27)34-32(25-18-10-5-11-19-25)31(29)33(22-23-14-6-3-7-15-23)30(26)24-16-8-4-9-17-24/h3-21,32H,2,22H2,1H3/t32-/m0/s1. The van der Waals surface area contributed by atoms with Gasteiger partial charge in [0.25, 0.3) is 0 Å². The van der Waals surface area contributed by atoms with E-state index in [-0.39, 0.29) is 6.10 Å². The highest BCUT2D eigenvalue weighted by Gasteiger charge is 2.35. The first-order chi connectivity index (χ1) is 16.8. The highest BCUT2D eigenvalue weighted by molar-refractivity contribution is 5.85. The largest absolute Gasteiger partial charge is 0.479 e. The molecule has 0 saturated heterocycles. The van der Waals surface area contributed by atoms with Gasteiger partial charge in [-0.15, -0.1) is 0 Å². The summed E-state index contributed by atoms with van der Waals surface area (Å²) in [6.07, 6.45) is 0.780. The van der Waals surface area contributed by atoms with Gasteiger partial charge in [-0.05, 0) is 34.7 Å². The Morgan fingerprint density at radius 3 is 2.03 bits per heavy atom. The number of nitrogens with zero attached hydrogens (tertiary/aromatic N) is 1. The maximum Gasteiger partial charge on any atom is 0.164 e. The molecular formula is C32H27NO. The predicted molar refractivity (Wildman–Crippen MR) is 139 cm³/mol. The Balaban J connectivity index is 1.70. The fourth-order valence-corrected chi connectivity index (χ4v) is 5.28. The van der Waals surface area contributed by atoms with Crippen LogP contribution < -0.4 is 4.74 Å². The van der Waals surface area contributed by atoms with Gasteiger partial charge in [0.15, 0.2) is 6.10 Å². The molecule has 0 amide bonds. The van der Waals surface area contributed by atoms with Gasteiger partial charge in [-0.1, -0.05) is 116 Å². The van der Waals surface area contributed by atoms with Gasteiger partial charge in [0.1, 0.15) is 5.75 Å². The summed E-state index contributed by atoms with van der Waals surface area (Å²) in [6, 6.07) is 40.7. The zero-order valence-electron chi connectivity index (χ0n) is 19.3. The Kier molecular flexibility index (Phi) is 5.27. The van der Waals surface area contributed by atoms with E-state index in [4.69, 9.17) is 4.74 Å². The minimum absolute atomic E-state index is 0.169. The quantitative estimate of drug-likeness (QED) is 0.270. The Hall–Kier alpha value is -4.04. The van der Waals surface area contributed by atoms with E-state index < -0.39 is 0 Å². The lowest BCUT2D eigenvalue weighted by atomic mass is 9.91. The van der Waals surface area contributed by atoms with Crippen molar-refractivity contribution in [3.63, 3.8) is 0 Å². The van der Waals surface area contributed by atoms with Crippen molar-refractivity contribution in [1.29, 1.82) is 0 Å². The average molecular weight is 442 g/mol. The summed E-state index contributed by atoms with van der Waals surface area (Å²) < 4.78 is 9.26. The molecule has 0 N–H and O–H groups in total. The van der Waals surface area contributed by atoms with E-state index in [0.717, 1.165) is 18.7 Å². The molecule has 2 nitrogen and oxygen atoms in total. The number of rotatable bonds is 5. The highest BCUT2D eigenvalue weighted by atomic mass is 16.5. The van der Waals surface area contributed by atoms with Crippen molar-refractivity contribution in [1.82, 2.24) is 4.57 Å². The van der Waals surface area contributed by atoms with Crippen molar-refractivity contribution in [3.8, 4) is 28.1 Å². The number of hydrogen-bond donors (Lipinski definition) is 0. The van der Waals surface area contributed by atoms with Crippen LogP contribution in [0.3, 0.4) is 0 Å². The van der Waals surface area contributed by atoms with E-state index in [2.05, 4.69) is 127 Å². The van der Waals surface area contributed by atoms with Crippen LogP contribution in [0.2, 0.25) is 0 Å². The number of para-hydroxylation sites is 1. The zero-order valence-corrected chi connectivity index (χ0v) is 19.3. The van der Waals surface area contributed by atoms with Crippen LogP contribution >= 0.6 is 0 Å². The minimum atomic E-state index is -0.169. The Morgan fingerprint density at radius 1 is 0.706 bits per heavy atom. The lowest BCUT2D eigenvalue weighted by molar-refractivity contribution is 0.234. The van der Waals surface area contributed by atoms with E-state index in [1.165, 1.54) is 44.8 Å². The third-order valence-electron chi connectivity index (χ3n) is 6.74. The zero-order chi connectivity index (χ0) is 22.9. The van der Waals surface area contributed by atoms with Crippen LogP contribution in [0.1, 0.15) is 35.4 Å². The normalized spacial score (nSPS) is 14.2. The molecule has 4 aromatic carbocycles. The van der Waals surface area contributed by atoms with E-state index >= 15 is 0 Å². The van der Waals surface area contributed by atoms with E-state index in [1.54, 1.807) is 0 Å². The second kappa shape index (κ2) is 8.72. The van der Waals surface area contributed by atoms with Crippen molar-refractivity contribution < 1.29 is 4.74 Å². The molecule has 1 atom stereocenters. The summed E-state index contributed by atoms with van der Waals surface area (Å²) in [4.78, 5) is 0. The first kappa shape index (κ1) is 20.6. The third kappa shape index (κ3) is 3.43. The van der Waals surface area contributed by atoms with Crippen LogP contribution in [0.15, 0.2) is 115 Å². The Morgan fingerprint density at radius 2 is 1.32 bits per heavy atom. The summed E-state index contributed by atoms with van der Waals surface area (Å²) >= 11 is 0. The lowest BCUT2D eigenvalue weighted by Crippen LogP contribution is -2.20. The molecule has 6 rings (SSSR count). The number of benzene rings is 4. The monoisotopic (exact) mass is 441 g/mol. The summed E-state index contributed by atoms with van der Waals surface area (Å²) in [6.45, 7) is 3.06. The molecule has 34 heavy (non-hydrogen) atoms. The van der Waals surface area contributed by atoms with Crippen molar-refractivity contribution in [3.05, 3.63) is 138 Å². The molecule has 0 spiro atoms. The van der Waals surface area contributed by atoms with E-state index in [0.29, 0.717) is 0 Å². The summed E-state index contributed by atoms with van der Waals surface area (Å²) in [5.41, 5.74) is 10.1. The molecule has 2 heteroatoms. The highest BCUT2D eigenvalue weighted by Crippen LogP contribution is 2.50. The van der Waals surface area contributed by atoms with Gasteiger partial charge in [0.2, 0.25) is 0 Å². The second-order valence-electron chi connectivity index (χ2n) is 8.78. The molecule has 5 aromatic rings. The van der Waals surface area contributed by atoms with Crippen LogP contribution in [-0.4, -0.2) is 4.57 Å². The van der Waals surface area contributed by atoms with Gasteiger partial charge in [0, 0.05) is 17.7 Å². The van der Waals surface area contributed by atoms with Crippen LogP contribution in [0.5, 0.6) is 5.75 Å². The molecular weight excluding hydrogens is 414 g/mol. The molecule has 2 heterocycles. The number of fused-ring (bicyclic) bond motifs is 3. The van der Waals surface area contributed by atoms with Crippen molar-refractivity contribution in [2.45, 2.75) is 26.0 Å². The SMILES string of the molecule is CCc1c2c(n(Cc3ccccc3)c1-c1ccccc1)[C@H](c1ccccc1)Oc1ccccc1-2. The number of hydrogen-bond acceptors (Lipinski definition) is 1. The first-order valence-electron chi connectivity index (χ1n) is 12.0. The molecule has 0 radical (unpaired) electrons. The maximum absolute atomic E-state index is 6.75. The van der Waals surface area contributed by atoms with Gasteiger partial charge in [0.05, 0.1) is 11.4 Å². The van der Waals surface area contributed by atoms with Crippen molar-refractivity contribution in [2.75, 3.05) is 0 Å². The van der Waals surface area contributed by atoms with E-state index in [1.807, 2.05) is 0 Å². The summed E-state index contributed by atoms with van der Waals surface area (Å²) in [7, 11) is 0. The fraction of sp³-hybridized carbons (Fsp3) is 0.125. The molecule has 0 fully saturated rings. The average Bonchev–Trinajstić information content (AvgIpc) is 3.24. The van der Waals surface area contributed by atoms with Crippen molar-refractivity contribution >= 4 is 0 Å². The summed E-state index contributed by atoms with van der Waals surface area (Å²) in [5, 5.41) is 0. The van der Waals surface area contributed by atoms with Crippen molar-refractivity contribution in [2.24, 2.45) is 0 Å². The van der Waals surface area contributed by atoms with E-state index in [9.17, 15) is 0 Å². The van der Waals surface area contributed by atoms with Crippen LogP contribution in [-0.2, 0) is 13.0 Å². The molecule has 0 aliphatic carbocycles. The fourth-order valence-electron chi connectivity index (χ4n) is 5.28. The molecule has 1 aliphatic rings. The Labute approximate surface area is 201 Å². The molecule has 0 unspecified atom stereocenters. The maximum atomic E-state index is 6.75. The molecule has 0 bridgehead atoms. The van der Waals surface area contributed by atoms with Crippen LogP contribution in [0.4, 0.5) is 0 Å².